The number of rotatable bonds is 3. The predicted molar refractivity (Wildman–Crippen MR) is 81.0 cm³/mol. The molecule has 0 amide bonds. The summed E-state index contributed by atoms with van der Waals surface area (Å²) in [6.45, 7) is 5.05. The molecule has 0 bridgehead atoms. The highest BCUT2D eigenvalue weighted by molar-refractivity contribution is 5.85. The minimum absolute atomic E-state index is 0. The molecule has 0 radical (unpaired) electrons. The van der Waals surface area contributed by atoms with Gasteiger partial charge in [-0.2, -0.15) is 26.3 Å². The van der Waals surface area contributed by atoms with Gasteiger partial charge in [0, 0.05) is 31.7 Å². The molecule has 1 heterocycles. The van der Waals surface area contributed by atoms with Crippen molar-refractivity contribution < 1.29 is 30.7 Å². The van der Waals surface area contributed by atoms with Gasteiger partial charge >= 0.3 is 12.4 Å². The number of hydrogen-bond acceptors (Lipinski definition) is 2. The number of nitrogens with one attached hydrogen (secondary N) is 1. The first-order chi connectivity index (χ1) is 11.1. The van der Waals surface area contributed by atoms with E-state index in [1.165, 1.54) is 0 Å². The largest absolute Gasteiger partial charge is 0.416 e. The van der Waals surface area contributed by atoms with E-state index in [1.54, 1.807) is 4.90 Å². The molecule has 1 fully saturated rings. The molecular weight excluding hydrogens is 377 g/mol. The second kappa shape index (κ2) is 7.92. The molecule has 1 aromatic rings. The second-order valence-electron chi connectivity index (χ2n) is 5.38. The Morgan fingerprint density at radius 1 is 1.04 bits per heavy atom. The molecule has 10 heteroatoms. The van der Waals surface area contributed by atoms with E-state index in [1.807, 2.05) is 0 Å². The molecule has 1 aliphatic heterocycles. The summed E-state index contributed by atoms with van der Waals surface area (Å²) in [6, 6.07) is -1.11. The summed E-state index contributed by atoms with van der Waals surface area (Å²) in [5.74, 6) is -1.54. The highest BCUT2D eigenvalue weighted by Crippen LogP contribution is 2.42. The number of piperazine rings is 1. The van der Waals surface area contributed by atoms with Gasteiger partial charge in [0.15, 0.2) is 0 Å². The fraction of sp³-hybridized carbons (Fsp3) is 0.467. The third kappa shape index (κ3) is 4.86. The molecule has 2 rings (SSSR count). The van der Waals surface area contributed by atoms with Crippen LogP contribution in [0.25, 0.3) is 0 Å². The summed E-state index contributed by atoms with van der Waals surface area (Å²) < 4.78 is 92.3. The number of nitrogens with zero attached hydrogens (tertiary/aromatic N) is 1. The fourth-order valence-corrected chi connectivity index (χ4v) is 2.73. The van der Waals surface area contributed by atoms with Gasteiger partial charge in [0.25, 0.3) is 0 Å². The summed E-state index contributed by atoms with van der Waals surface area (Å²) in [7, 11) is 0. The van der Waals surface area contributed by atoms with Crippen molar-refractivity contribution in [2.24, 2.45) is 0 Å². The van der Waals surface area contributed by atoms with Crippen LogP contribution in [0, 0.1) is 5.82 Å². The number of alkyl halides is 6. The van der Waals surface area contributed by atoms with Crippen molar-refractivity contribution >= 4 is 12.4 Å². The van der Waals surface area contributed by atoms with Gasteiger partial charge in [-0.05, 0) is 12.1 Å². The average Bonchev–Trinajstić information content (AvgIpc) is 2.48. The lowest BCUT2D eigenvalue weighted by Gasteiger charge is -2.35. The zero-order chi connectivity index (χ0) is 18.1. The normalized spacial score (nSPS) is 17.7. The summed E-state index contributed by atoms with van der Waals surface area (Å²) in [5, 5.41) is 2.99. The van der Waals surface area contributed by atoms with Gasteiger partial charge in [0.05, 0.1) is 17.2 Å². The van der Waals surface area contributed by atoms with Gasteiger partial charge in [-0.25, -0.2) is 4.39 Å². The van der Waals surface area contributed by atoms with Crippen LogP contribution in [0.3, 0.4) is 0 Å². The average molecular weight is 393 g/mol. The fourth-order valence-electron chi connectivity index (χ4n) is 2.73. The molecule has 0 aromatic heterocycles. The molecule has 142 valence electrons. The van der Waals surface area contributed by atoms with Crippen molar-refractivity contribution in [1.82, 2.24) is 10.2 Å². The van der Waals surface area contributed by atoms with Crippen LogP contribution in [0.2, 0.25) is 0 Å². The van der Waals surface area contributed by atoms with Crippen LogP contribution in [0.4, 0.5) is 30.7 Å². The number of halogens is 8. The van der Waals surface area contributed by atoms with Crippen molar-refractivity contribution in [2.45, 2.75) is 18.4 Å². The van der Waals surface area contributed by atoms with Crippen LogP contribution in [-0.4, -0.2) is 31.1 Å². The molecule has 1 atom stereocenters. The Hall–Kier alpha value is -1.32. The highest BCUT2D eigenvalue weighted by atomic mass is 35.5. The van der Waals surface area contributed by atoms with Gasteiger partial charge in [-0.1, -0.05) is 6.08 Å². The van der Waals surface area contributed by atoms with Crippen molar-refractivity contribution in [3.63, 3.8) is 0 Å². The molecule has 0 aliphatic carbocycles. The van der Waals surface area contributed by atoms with Crippen molar-refractivity contribution in [3.05, 3.63) is 47.3 Å². The molecule has 1 saturated heterocycles. The van der Waals surface area contributed by atoms with E-state index >= 15 is 0 Å². The molecule has 2 nitrogen and oxygen atoms in total. The van der Waals surface area contributed by atoms with E-state index < -0.39 is 40.9 Å². The lowest BCUT2D eigenvalue weighted by Crippen LogP contribution is -2.45. The minimum Gasteiger partial charge on any atom is -0.314 e. The van der Waals surface area contributed by atoms with Crippen LogP contribution in [0.15, 0.2) is 24.8 Å². The van der Waals surface area contributed by atoms with Gasteiger partial charge in [0.2, 0.25) is 0 Å². The summed E-state index contributed by atoms with van der Waals surface area (Å²) >= 11 is 0. The van der Waals surface area contributed by atoms with E-state index in [4.69, 9.17) is 0 Å². The monoisotopic (exact) mass is 392 g/mol. The van der Waals surface area contributed by atoms with Gasteiger partial charge in [0.1, 0.15) is 5.82 Å². The number of hydrogen-bond donors (Lipinski definition) is 1. The third-order valence-corrected chi connectivity index (χ3v) is 3.83. The van der Waals surface area contributed by atoms with E-state index in [9.17, 15) is 30.7 Å². The van der Waals surface area contributed by atoms with Crippen molar-refractivity contribution in [3.8, 4) is 0 Å². The summed E-state index contributed by atoms with van der Waals surface area (Å²) in [6.07, 6.45) is -9.07. The number of benzene rings is 1. The van der Waals surface area contributed by atoms with Crippen molar-refractivity contribution in [1.29, 1.82) is 0 Å². The minimum atomic E-state index is -5.12. The molecule has 0 unspecified atom stereocenters. The maximum atomic E-state index is 14.3. The summed E-state index contributed by atoms with van der Waals surface area (Å²) in [4.78, 5) is 1.55. The predicted octanol–water partition coefficient (Wildman–Crippen LogP) is 4.42. The van der Waals surface area contributed by atoms with E-state index in [-0.39, 0.29) is 24.5 Å². The Balaban J connectivity index is 0.00000312. The molecule has 1 aliphatic rings. The Labute approximate surface area is 146 Å². The first-order valence-corrected chi connectivity index (χ1v) is 7.11. The smallest absolute Gasteiger partial charge is 0.314 e. The standard InChI is InChI=1S/C15H15F7N2.ClH/c1-2-12(24-5-3-23-4-6-24)13-10(15(20,21)22)7-9(8-11(13)16)14(17,18)19;/h2,7-8,12,23H,1,3-6H2;1H/t12-;/m0./s1. The third-order valence-electron chi connectivity index (χ3n) is 3.83. The molecule has 0 saturated carbocycles. The Bertz CT molecular complexity index is 607. The lowest BCUT2D eigenvalue weighted by atomic mass is 9.95. The highest BCUT2D eigenvalue weighted by Gasteiger charge is 2.41. The first kappa shape index (κ1) is 21.7. The zero-order valence-electron chi connectivity index (χ0n) is 12.8. The maximum absolute atomic E-state index is 14.3. The Kier molecular flexibility index (Phi) is 6.88. The van der Waals surface area contributed by atoms with Gasteiger partial charge in [-0.15, -0.1) is 19.0 Å². The van der Waals surface area contributed by atoms with Crippen molar-refractivity contribution in [2.75, 3.05) is 26.2 Å². The second-order valence-corrected chi connectivity index (χ2v) is 5.38. The molecule has 25 heavy (non-hydrogen) atoms. The molecule has 1 aromatic carbocycles. The van der Waals surface area contributed by atoms with Gasteiger partial charge < -0.3 is 5.32 Å². The van der Waals surface area contributed by atoms with Crippen LogP contribution >= 0.6 is 12.4 Å². The molecule has 0 spiro atoms. The molecular formula is C15H16ClF7N2. The van der Waals surface area contributed by atoms with Crippen LogP contribution in [0.5, 0.6) is 0 Å². The lowest BCUT2D eigenvalue weighted by molar-refractivity contribution is -0.144. The van der Waals surface area contributed by atoms with Crippen LogP contribution < -0.4 is 5.32 Å². The Morgan fingerprint density at radius 3 is 2.04 bits per heavy atom. The van der Waals surface area contributed by atoms with E-state index in [0.29, 0.717) is 26.2 Å². The zero-order valence-corrected chi connectivity index (χ0v) is 13.7. The van der Waals surface area contributed by atoms with E-state index in [0.717, 1.165) is 6.08 Å². The quantitative estimate of drug-likeness (QED) is 0.605. The van der Waals surface area contributed by atoms with Gasteiger partial charge in [-0.3, -0.25) is 4.90 Å². The van der Waals surface area contributed by atoms with Crippen LogP contribution in [-0.2, 0) is 12.4 Å². The van der Waals surface area contributed by atoms with Crippen LogP contribution in [0.1, 0.15) is 22.7 Å². The SMILES string of the molecule is C=C[C@@H](c1c(F)cc(C(F)(F)F)cc1C(F)(F)F)N1CCNCC1.Cl. The maximum Gasteiger partial charge on any atom is 0.416 e. The first-order valence-electron chi connectivity index (χ1n) is 7.11. The molecule has 1 N–H and O–H groups in total. The topological polar surface area (TPSA) is 15.3 Å². The van der Waals surface area contributed by atoms with E-state index in [2.05, 4.69) is 11.9 Å². The summed E-state index contributed by atoms with van der Waals surface area (Å²) in [5.41, 5.74) is -4.12. The Morgan fingerprint density at radius 2 is 1.60 bits per heavy atom.